The van der Waals surface area contributed by atoms with Crippen molar-refractivity contribution in [2.45, 2.75) is 25.5 Å². The van der Waals surface area contributed by atoms with Crippen LogP contribution in [0.1, 0.15) is 18.4 Å². The standard InChI is InChI=1S/C22H22Cl2FN3O/c1-29-17-8-10-27(11-9-17)13-15-14-28(16-6-7-19(23)20(24)12-16)26-22(15)18-4-2-3-5-21(18)25/h2-7,12,14,17H,8-11,13H2,1H3. The molecule has 0 atom stereocenters. The van der Waals surface area contributed by atoms with Crippen LogP contribution in [0.4, 0.5) is 4.39 Å². The van der Waals surface area contributed by atoms with Gasteiger partial charge in [-0.3, -0.25) is 4.90 Å². The molecule has 0 radical (unpaired) electrons. The summed E-state index contributed by atoms with van der Waals surface area (Å²) in [6.45, 7) is 2.57. The molecule has 1 fully saturated rings. The van der Waals surface area contributed by atoms with Crippen LogP contribution in [0.15, 0.2) is 48.7 Å². The van der Waals surface area contributed by atoms with Gasteiger partial charge in [0.15, 0.2) is 0 Å². The van der Waals surface area contributed by atoms with Crippen LogP contribution in [0, 0.1) is 5.82 Å². The summed E-state index contributed by atoms with van der Waals surface area (Å²) in [7, 11) is 1.76. The zero-order valence-electron chi connectivity index (χ0n) is 16.1. The topological polar surface area (TPSA) is 30.3 Å². The van der Waals surface area contributed by atoms with E-state index in [-0.39, 0.29) is 5.82 Å². The van der Waals surface area contributed by atoms with E-state index >= 15 is 0 Å². The smallest absolute Gasteiger partial charge is 0.132 e. The molecule has 0 amide bonds. The van der Waals surface area contributed by atoms with E-state index in [1.807, 2.05) is 18.3 Å². The summed E-state index contributed by atoms with van der Waals surface area (Å²) in [5, 5.41) is 5.64. The summed E-state index contributed by atoms with van der Waals surface area (Å²) >= 11 is 12.2. The molecule has 29 heavy (non-hydrogen) atoms. The molecule has 2 heterocycles. The van der Waals surface area contributed by atoms with Crippen molar-refractivity contribution >= 4 is 23.2 Å². The Labute approximate surface area is 179 Å². The molecule has 4 rings (SSSR count). The normalized spacial score (nSPS) is 15.7. The molecule has 0 spiro atoms. The first kappa shape index (κ1) is 20.4. The summed E-state index contributed by atoms with van der Waals surface area (Å²) in [5.74, 6) is -0.286. The van der Waals surface area contributed by atoms with E-state index in [2.05, 4.69) is 4.90 Å². The molecular formula is C22H22Cl2FN3O. The van der Waals surface area contributed by atoms with Gasteiger partial charge in [-0.25, -0.2) is 9.07 Å². The van der Waals surface area contributed by atoms with Gasteiger partial charge in [0, 0.05) is 44.1 Å². The molecule has 0 bridgehead atoms. The molecule has 0 saturated carbocycles. The summed E-state index contributed by atoms with van der Waals surface area (Å²) in [6, 6.07) is 12.1. The monoisotopic (exact) mass is 433 g/mol. The predicted octanol–water partition coefficient (Wildman–Crippen LogP) is 5.60. The number of nitrogens with zero attached hydrogens (tertiary/aromatic N) is 3. The van der Waals surface area contributed by atoms with Crippen LogP contribution < -0.4 is 0 Å². The molecule has 1 aromatic heterocycles. The first-order valence-corrected chi connectivity index (χ1v) is 10.3. The highest BCUT2D eigenvalue weighted by atomic mass is 35.5. The number of piperidine rings is 1. The second-order valence-corrected chi connectivity index (χ2v) is 8.05. The van der Waals surface area contributed by atoms with Crippen LogP contribution in [-0.4, -0.2) is 41.0 Å². The molecule has 0 aliphatic carbocycles. The molecule has 3 aromatic rings. The molecular weight excluding hydrogens is 412 g/mol. The fraction of sp³-hybridized carbons (Fsp3) is 0.318. The summed E-state index contributed by atoms with van der Waals surface area (Å²) in [6.07, 6.45) is 4.25. The molecule has 1 aliphatic heterocycles. The van der Waals surface area contributed by atoms with Crippen molar-refractivity contribution in [2.75, 3.05) is 20.2 Å². The van der Waals surface area contributed by atoms with Crippen molar-refractivity contribution in [1.82, 2.24) is 14.7 Å². The second-order valence-electron chi connectivity index (χ2n) is 7.24. The van der Waals surface area contributed by atoms with Gasteiger partial charge in [0.05, 0.1) is 21.8 Å². The van der Waals surface area contributed by atoms with Crippen molar-refractivity contribution in [1.29, 1.82) is 0 Å². The Bertz CT molecular complexity index is 999. The number of hydrogen-bond donors (Lipinski definition) is 0. The largest absolute Gasteiger partial charge is 0.381 e. The maximum absolute atomic E-state index is 14.5. The molecule has 1 saturated heterocycles. The Kier molecular flexibility index (Phi) is 6.20. The van der Waals surface area contributed by atoms with E-state index < -0.39 is 0 Å². The maximum atomic E-state index is 14.5. The van der Waals surface area contributed by atoms with Crippen LogP contribution in [0.5, 0.6) is 0 Å². The first-order valence-electron chi connectivity index (χ1n) is 9.59. The van der Waals surface area contributed by atoms with Gasteiger partial charge in [0.1, 0.15) is 11.5 Å². The quantitative estimate of drug-likeness (QED) is 0.524. The zero-order chi connectivity index (χ0) is 20.4. The van der Waals surface area contributed by atoms with Crippen LogP contribution in [0.25, 0.3) is 16.9 Å². The lowest BCUT2D eigenvalue weighted by molar-refractivity contribution is 0.0389. The predicted molar refractivity (Wildman–Crippen MR) is 114 cm³/mol. The van der Waals surface area contributed by atoms with E-state index in [0.717, 1.165) is 37.2 Å². The third kappa shape index (κ3) is 4.48. The van der Waals surface area contributed by atoms with Gasteiger partial charge in [-0.2, -0.15) is 5.10 Å². The number of likely N-dealkylation sites (tertiary alicyclic amines) is 1. The Morgan fingerprint density at radius 3 is 2.55 bits per heavy atom. The number of halogens is 3. The number of rotatable bonds is 5. The summed E-state index contributed by atoms with van der Waals surface area (Å²) in [5.41, 5.74) is 2.88. The van der Waals surface area contributed by atoms with E-state index in [1.54, 1.807) is 36.1 Å². The fourth-order valence-electron chi connectivity index (χ4n) is 3.71. The first-order chi connectivity index (χ1) is 14.0. The highest BCUT2D eigenvalue weighted by Gasteiger charge is 2.22. The third-order valence-electron chi connectivity index (χ3n) is 5.35. The second kappa shape index (κ2) is 8.84. The molecule has 0 unspecified atom stereocenters. The zero-order valence-corrected chi connectivity index (χ0v) is 17.6. The summed E-state index contributed by atoms with van der Waals surface area (Å²) < 4.78 is 21.7. The fourth-order valence-corrected chi connectivity index (χ4v) is 4.00. The molecule has 4 nitrogen and oxygen atoms in total. The van der Waals surface area contributed by atoms with Crippen LogP contribution >= 0.6 is 23.2 Å². The van der Waals surface area contributed by atoms with Crippen molar-refractivity contribution < 1.29 is 9.13 Å². The minimum atomic E-state index is -0.286. The van der Waals surface area contributed by atoms with Crippen LogP contribution in [0.3, 0.4) is 0 Å². The van der Waals surface area contributed by atoms with Gasteiger partial charge in [-0.05, 0) is 43.2 Å². The Balaban J connectivity index is 1.69. The van der Waals surface area contributed by atoms with Crippen molar-refractivity contribution in [3.63, 3.8) is 0 Å². The van der Waals surface area contributed by atoms with E-state index in [0.29, 0.717) is 34.0 Å². The van der Waals surface area contributed by atoms with E-state index in [4.69, 9.17) is 33.0 Å². The van der Waals surface area contributed by atoms with Gasteiger partial charge in [0.25, 0.3) is 0 Å². The van der Waals surface area contributed by atoms with Crippen LogP contribution in [-0.2, 0) is 11.3 Å². The third-order valence-corrected chi connectivity index (χ3v) is 6.09. The highest BCUT2D eigenvalue weighted by Crippen LogP contribution is 2.30. The lowest BCUT2D eigenvalue weighted by atomic mass is 10.0. The number of methoxy groups -OCH3 is 1. The minimum Gasteiger partial charge on any atom is -0.381 e. The molecule has 2 aromatic carbocycles. The van der Waals surface area contributed by atoms with Gasteiger partial charge >= 0.3 is 0 Å². The number of ether oxygens (including phenoxy) is 1. The number of benzene rings is 2. The maximum Gasteiger partial charge on any atom is 0.132 e. The highest BCUT2D eigenvalue weighted by molar-refractivity contribution is 6.42. The Hall–Kier alpha value is -1.92. The number of aromatic nitrogens is 2. The SMILES string of the molecule is COC1CCN(Cc2cn(-c3ccc(Cl)c(Cl)c3)nc2-c2ccccc2F)CC1. The van der Waals surface area contributed by atoms with Crippen molar-refractivity contribution in [2.24, 2.45) is 0 Å². The van der Waals surface area contributed by atoms with E-state index in [9.17, 15) is 4.39 Å². The molecule has 152 valence electrons. The van der Waals surface area contributed by atoms with Crippen molar-refractivity contribution in [3.05, 3.63) is 70.1 Å². The number of hydrogen-bond acceptors (Lipinski definition) is 3. The average Bonchev–Trinajstić information content (AvgIpc) is 3.14. The average molecular weight is 434 g/mol. The van der Waals surface area contributed by atoms with Crippen LogP contribution in [0.2, 0.25) is 10.0 Å². The van der Waals surface area contributed by atoms with E-state index in [1.165, 1.54) is 6.07 Å². The molecule has 0 N–H and O–H groups in total. The Morgan fingerprint density at radius 1 is 1.10 bits per heavy atom. The molecule has 7 heteroatoms. The minimum absolute atomic E-state index is 0.286. The van der Waals surface area contributed by atoms with Gasteiger partial charge in [-0.1, -0.05) is 35.3 Å². The lowest BCUT2D eigenvalue weighted by Crippen LogP contribution is -2.36. The van der Waals surface area contributed by atoms with Crippen molar-refractivity contribution in [3.8, 4) is 16.9 Å². The molecule has 1 aliphatic rings. The lowest BCUT2D eigenvalue weighted by Gasteiger charge is -2.31. The van der Waals surface area contributed by atoms with Gasteiger partial charge in [0.2, 0.25) is 0 Å². The summed E-state index contributed by atoms with van der Waals surface area (Å²) in [4.78, 5) is 2.36. The van der Waals surface area contributed by atoms with Gasteiger partial charge in [-0.15, -0.1) is 0 Å². The Morgan fingerprint density at radius 2 is 1.86 bits per heavy atom. The van der Waals surface area contributed by atoms with Gasteiger partial charge < -0.3 is 4.74 Å².